The molecule has 0 radical (unpaired) electrons. The number of alkyl halides is 3. The molecule has 0 aliphatic carbocycles. The van der Waals surface area contributed by atoms with E-state index in [-0.39, 0.29) is 17.4 Å². The summed E-state index contributed by atoms with van der Waals surface area (Å²) < 4.78 is 39.3. The number of hydrogen-bond donors (Lipinski definition) is 1. The lowest BCUT2D eigenvalue weighted by Gasteiger charge is -2.29. The normalized spacial score (nSPS) is 13.2. The molecule has 108 valence electrons. The van der Waals surface area contributed by atoms with Crippen molar-refractivity contribution in [1.82, 2.24) is 0 Å². The van der Waals surface area contributed by atoms with Gasteiger partial charge in [0.1, 0.15) is 0 Å². The highest BCUT2D eigenvalue weighted by Crippen LogP contribution is 2.40. The number of nitrogens with two attached hydrogens (primary N) is 1. The third-order valence-electron chi connectivity index (χ3n) is 3.24. The topological polar surface area (TPSA) is 29.3 Å². The molecule has 1 aromatic heterocycles. The van der Waals surface area contributed by atoms with Crippen LogP contribution in [0.15, 0.2) is 35.7 Å². The summed E-state index contributed by atoms with van der Waals surface area (Å²) in [5, 5.41) is 1.91. The molecule has 2 N–H and O–H groups in total. The molecule has 1 heterocycles. The van der Waals surface area contributed by atoms with Crippen molar-refractivity contribution in [1.29, 1.82) is 0 Å². The standard InChI is InChI=1S/C14H15F3N2S/c1-9(13-4-3-7-20-13)19(2)12-6-5-10(18)8-11(12)14(15,16)17/h3-9H,18H2,1-2H3. The summed E-state index contributed by atoms with van der Waals surface area (Å²) in [6.45, 7) is 1.88. The summed E-state index contributed by atoms with van der Waals surface area (Å²) >= 11 is 1.52. The van der Waals surface area contributed by atoms with E-state index in [1.165, 1.54) is 23.5 Å². The number of nitrogens with zero attached hydrogens (tertiary/aromatic N) is 1. The van der Waals surface area contributed by atoms with E-state index in [0.29, 0.717) is 0 Å². The SMILES string of the molecule is CC(c1cccs1)N(C)c1ccc(N)cc1C(F)(F)F. The fourth-order valence-electron chi connectivity index (χ4n) is 2.02. The van der Waals surface area contributed by atoms with E-state index in [2.05, 4.69) is 0 Å². The van der Waals surface area contributed by atoms with Crippen molar-refractivity contribution in [2.75, 3.05) is 17.7 Å². The van der Waals surface area contributed by atoms with E-state index in [0.717, 1.165) is 10.9 Å². The fraction of sp³-hybridized carbons (Fsp3) is 0.286. The molecule has 6 heteroatoms. The van der Waals surface area contributed by atoms with E-state index in [1.807, 2.05) is 24.4 Å². The van der Waals surface area contributed by atoms with Crippen LogP contribution in [0.3, 0.4) is 0 Å². The molecule has 0 amide bonds. The zero-order valence-corrected chi connectivity index (χ0v) is 11.9. The summed E-state index contributed by atoms with van der Waals surface area (Å²) in [6, 6.07) is 7.55. The van der Waals surface area contributed by atoms with Crippen LogP contribution in [0.5, 0.6) is 0 Å². The second kappa shape index (κ2) is 5.36. The van der Waals surface area contributed by atoms with Gasteiger partial charge >= 0.3 is 6.18 Å². The molecular formula is C14H15F3N2S. The van der Waals surface area contributed by atoms with Crippen LogP contribution in [-0.4, -0.2) is 7.05 Å². The van der Waals surface area contributed by atoms with Gasteiger partial charge in [-0.3, -0.25) is 0 Å². The van der Waals surface area contributed by atoms with E-state index < -0.39 is 11.7 Å². The summed E-state index contributed by atoms with van der Waals surface area (Å²) in [5.41, 5.74) is 5.01. The highest BCUT2D eigenvalue weighted by Gasteiger charge is 2.35. The van der Waals surface area contributed by atoms with Gasteiger partial charge in [-0.2, -0.15) is 13.2 Å². The molecule has 1 aromatic carbocycles. The molecule has 2 nitrogen and oxygen atoms in total. The van der Waals surface area contributed by atoms with E-state index in [9.17, 15) is 13.2 Å². The lowest BCUT2D eigenvalue weighted by atomic mass is 10.1. The van der Waals surface area contributed by atoms with E-state index in [1.54, 1.807) is 11.9 Å². The van der Waals surface area contributed by atoms with Gasteiger partial charge in [0.25, 0.3) is 0 Å². The van der Waals surface area contributed by atoms with Gasteiger partial charge in [-0.25, -0.2) is 0 Å². The number of rotatable bonds is 3. The largest absolute Gasteiger partial charge is 0.418 e. The third kappa shape index (κ3) is 2.90. The third-order valence-corrected chi connectivity index (χ3v) is 4.28. The summed E-state index contributed by atoms with van der Waals surface area (Å²) in [5.74, 6) is 0. The van der Waals surface area contributed by atoms with Crippen molar-refractivity contribution >= 4 is 22.7 Å². The Morgan fingerprint density at radius 1 is 1.25 bits per heavy atom. The monoisotopic (exact) mass is 300 g/mol. The van der Waals surface area contributed by atoms with Crippen LogP contribution >= 0.6 is 11.3 Å². The Morgan fingerprint density at radius 2 is 1.95 bits per heavy atom. The molecule has 1 unspecified atom stereocenters. The van der Waals surface area contributed by atoms with Crippen LogP contribution in [0.25, 0.3) is 0 Å². The van der Waals surface area contributed by atoms with Crippen molar-refractivity contribution in [3.05, 3.63) is 46.2 Å². The smallest absolute Gasteiger partial charge is 0.399 e. The Bertz CT molecular complexity index is 579. The van der Waals surface area contributed by atoms with Crippen molar-refractivity contribution in [2.45, 2.75) is 19.1 Å². The Labute approximate surface area is 119 Å². The summed E-state index contributed by atoms with van der Waals surface area (Å²) in [7, 11) is 1.66. The number of halogens is 3. The highest BCUT2D eigenvalue weighted by molar-refractivity contribution is 7.10. The van der Waals surface area contributed by atoms with Crippen molar-refractivity contribution in [3.63, 3.8) is 0 Å². The van der Waals surface area contributed by atoms with Crippen LogP contribution in [0.2, 0.25) is 0 Å². The predicted octanol–water partition coefficient (Wildman–Crippen LogP) is 4.55. The first-order chi connectivity index (χ1) is 9.30. The molecule has 1 atom stereocenters. The average molecular weight is 300 g/mol. The molecule has 0 saturated carbocycles. The molecule has 2 rings (SSSR count). The van der Waals surface area contributed by atoms with Gasteiger partial charge in [0, 0.05) is 23.3 Å². The van der Waals surface area contributed by atoms with Gasteiger partial charge in [-0.15, -0.1) is 11.3 Å². The lowest BCUT2D eigenvalue weighted by molar-refractivity contribution is -0.137. The first-order valence-corrected chi connectivity index (χ1v) is 6.91. The van der Waals surface area contributed by atoms with Crippen LogP contribution in [-0.2, 0) is 6.18 Å². The summed E-state index contributed by atoms with van der Waals surface area (Å²) in [4.78, 5) is 2.63. The minimum atomic E-state index is -4.42. The first kappa shape index (κ1) is 14.7. The lowest BCUT2D eigenvalue weighted by Crippen LogP contribution is -2.24. The molecule has 0 aliphatic rings. The van der Waals surface area contributed by atoms with Crippen molar-refractivity contribution < 1.29 is 13.2 Å². The predicted molar refractivity (Wildman–Crippen MR) is 77.0 cm³/mol. The van der Waals surface area contributed by atoms with Gasteiger partial charge in [-0.1, -0.05) is 6.07 Å². The van der Waals surface area contributed by atoms with Gasteiger partial charge < -0.3 is 10.6 Å². The van der Waals surface area contributed by atoms with Gasteiger partial charge in [0.15, 0.2) is 0 Å². The molecule has 0 spiro atoms. The van der Waals surface area contributed by atoms with Gasteiger partial charge in [-0.05, 0) is 36.6 Å². The molecule has 2 aromatic rings. The van der Waals surface area contributed by atoms with E-state index >= 15 is 0 Å². The van der Waals surface area contributed by atoms with Crippen molar-refractivity contribution in [2.24, 2.45) is 0 Å². The average Bonchev–Trinajstić information content (AvgIpc) is 2.89. The van der Waals surface area contributed by atoms with Gasteiger partial charge in [0.2, 0.25) is 0 Å². The zero-order valence-electron chi connectivity index (χ0n) is 11.1. The molecule has 0 bridgehead atoms. The molecule has 0 fully saturated rings. The van der Waals surface area contributed by atoms with E-state index in [4.69, 9.17) is 5.73 Å². The molecule has 0 aliphatic heterocycles. The Hall–Kier alpha value is -1.69. The minimum absolute atomic E-state index is 0.109. The van der Waals surface area contributed by atoms with Crippen LogP contribution in [0.4, 0.5) is 24.5 Å². The Morgan fingerprint density at radius 3 is 2.50 bits per heavy atom. The summed E-state index contributed by atoms with van der Waals surface area (Å²) in [6.07, 6.45) is -4.42. The Kier molecular flexibility index (Phi) is 3.94. The van der Waals surface area contributed by atoms with Gasteiger partial charge in [0.05, 0.1) is 11.6 Å². The quantitative estimate of drug-likeness (QED) is 0.843. The minimum Gasteiger partial charge on any atom is -0.399 e. The maximum absolute atomic E-state index is 13.1. The fourth-order valence-corrected chi connectivity index (χ4v) is 2.84. The number of anilines is 2. The molecular weight excluding hydrogens is 285 g/mol. The maximum Gasteiger partial charge on any atom is 0.418 e. The maximum atomic E-state index is 13.1. The van der Waals surface area contributed by atoms with Crippen LogP contribution < -0.4 is 10.6 Å². The van der Waals surface area contributed by atoms with Crippen LogP contribution in [0.1, 0.15) is 23.4 Å². The Balaban J connectivity index is 2.42. The van der Waals surface area contributed by atoms with Crippen molar-refractivity contribution in [3.8, 4) is 0 Å². The molecule has 0 saturated heterocycles. The number of hydrogen-bond acceptors (Lipinski definition) is 3. The second-order valence-corrected chi connectivity index (χ2v) is 5.56. The zero-order chi connectivity index (χ0) is 14.9. The number of nitrogen functional groups attached to an aromatic ring is 1. The molecule has 20 heavy (non-hydrogen) atoms. The highest BCUT2D eigenvalue weighted by atomic mass is 32.1. The second-order valence-electron chi connectivity index (χ2n) is 4.58. The number of thiophene rings is 1. The van der Waals surface area contributed by atoms with Crippen LogP contribution in [0, 0.1) is 0 Å². The first-order valence-electron chi connectivity index (χ1n) is 6.03. The number of benzene rings is 1.